The van der Waals surface area contributed by atoms with Crippen LogP contribution in [0.4, 0.5) is 0 Å². The number of benzene rings is 1. The Kier molecular flexibility index (Phi) is 4.68. The predicted molar refractivity (Wildman–Crippen MR) is 87.8 cm³/mol. The molecule has 3 unspecified atom stereocenters. The van der Waals surface area contributed by atoms with Crippen LogP contribution in [0.3, 0.4) is 0 Å². The van der Waals surface area contributed by atoms with E-state index < -0.39 is 0 Å². The van der Waals surface area contributed by atoms with Gasteiger partial charge < -0.3 is 4.74 Å². The third-order valence-corrected chi connectivity index (χ3v) is 5.97. The number of halogens is 1. The van der Waals surface area contributed by atoms with Crippen LogP contribution in [0.2, 0.25) is 0 Å². The summed E-state index contributed by atoms with van der Waals surface area (Å²) in [5.41, 5.74) is 0.821. The molecule has 2 saturated carbocycles. The monoisotopic (exact) mass is 350 g/mol. The molecule has 2 aliphatic carbocycles. The molecule has 0 N–H and O–H groups in total. The van der Waals surface area contributed by atoms with Gasteiger partial charge in [-0.3, -0.25) is 4.79 Å². The molecule has 3 heteroatoms. The molecule has 1 aromatic carbocycles. The fourth-order valence-corrected chi connectivity index (χ4v) is 4.71. The van der Waals surface area contributed by atoms with Crippen LogP contribution in [0.1, 0.15) is 55.3 Å². The van der Waals surface area contributed by atoms with Gasteiger partial charge in [0.15, 0.2) is 5.78 Å². The standard InChI is InChI=1S/C18H23BrO2/c1-21-17-9-8-15(11-16(17)19)18(20)14-7-6-12-4-2-3-5-13(12)10-14/h8-9,11-14H,2-7,10H2,1H3. The first-order valence-corrected chi connectivity index (χ1v) is 8.86. The molecule has 114 valence electrons. The highest BCUT2D eigenvalue weighted by molar-refractivity contribution is 9.10. The number of hydrogen-bond acceptors (Lipinski definition) is 2. The quantitative estimate of drug-likeness (QED) is 0.696. The number of hydrogen-bond donors (Lipinski definition) is 0. The van der Waals surface area contributed by atoms with Gasteiger partial charge in [0.25, 0.3) is 0 Å². The number of ketones is 1. The number of fused-ring (bicyclic) bond motifs is 1. The molecular weight excluding hydrogens is 328 g/mol. The van der Waals surface area contributed by atoms with E-state index in [1.165, 1.54) is 32.1 Å². The molecule has 0 amide bonds. The van der Waals surface area contributed by atoms with Gasteiger partial charge in [-0.25, -0.2) is 0 Å². The maximum Gasteiger partial charge on any atom is 0.165 e. The highest BCUT2D eigenvalue weighted by atomic mass is 79.9. The summed E-state index contributed by atoms with van der Waals surface area (Å²) in [7, 11) is 1.64. The van der Waals surface area contributed by atoms with E-state index in [1.807, 2.05) is 18.2 Å². The second-order valence-electron chi connectivity index (χ2n) is 6.53. The molecule has 0 aromatic heterocycles. The van der Waals surface area contributed by atoms with E-state index in [-0.39, 0.29) is 5.92 Å². The minimum absolute atomic E-state index is 0.227. The number of Topliss-reactive ketones (excluding diaryl/α,β-unsaturated/α-hetero) is 1. The lowest BCUT2D eigenvalue weighted by Gasteiger charge is -2.38. The van der Waals surface area contributed by atoms with Gasteiger partial charge >= 0.3 is 0 Å². The maximum atomic E-state index is 12.8. The van der Waals surface area contributed by atoms with Crippen molar-refractivity contribution < 1.29 is 9.53 Å². The van der Waals surface area contributed by atoms with Crippen LogP contribution in [0.5, 0.6) is 5.75 Å². The molecule has 3 rings (SSSR count). The highest BCUT2D eigenvalue weighted by Gasteiger charge is 2.35. The minimum Gasteiger partial charge on any atom is -0.496 e. The van der Waals surface area contributed by atoms with Crippen molar-refractivity contribution >= 4 is 21.7 Å². The van der Waals surface area contributed by atoms with Crippen LogP contribution >= 0.6 is 15.9 Å². The van der Waals surface area contributed by atoms with Gasteiger partial charge in [0.2, 0.25) is 0 Å². The highest BCUT2D eigenvalue weighted by Crippen LogP contribution is 2.43. The van der Waals surface area contributed by atoms with Gasteiger partial charge in [0.05, 0.1) is 11.6 Å². The Balaban J connectivity index is 1.71. The summed E-state index contributed by atoms with van der Waals surface area (Å²) in [4.78, 5) is 12.8. The van der Waals surface area contributed by atoms with E-state index in [4.69, 9.17) is 4.74 Å². The van der Waals surface area contributed by atoms with Gasteiger partial charge in [0.1, 0.15) is 5.75 Å². The average molecular weight is 351 g/mol. The first-order valence-electron chi connectivity index (χ1n) is 8.07. The fraction of sp³-hybridized carbons (Fsp3) is 0.611. The molecule has 0 heterocycles. The van der Waals surface area contributed by atoms with E-state index in [0.717, 1.165) is 40.5 Å². The Morgan fingerprint density at radius 1 is 1.14 bits per heavy atom. The molecule has 0 bridgehead atoms. The molecule has 0 aliphatic heterocycles. The second kappa shape index (κ2) is 6.51. The molecule has 0 radical (unpaired) electrons. The first-order chi connectivity index (χ1) is 10.2. The summed E-state index contributed by atoms with van der Waals surface area (Å²) >= 11 is 3.48. The molecule has 21 heavy (non-hydrogen) atoms. The third-order valence-electron chi connectivity index (χ3n) is 5.35. The third kappa shape index (κ3) is 3.18. The van der Waals surface area contributed by atoms with Crippen molar-refractivity contribution in [1.82, 2.24) is 0 Å². The van der Waals surface area contributed by atoms with Crippen molar-refractivity contribution in [3.05, 3.63) is 28.2 Å². The number of carbonyl (C=O) groups is 1. The molecule has 3 atom stereocenters. The maximum absolute atomic E-state index is 12.8. The topological polar surface area (TPSA) is 26.3 Å². The predicted octanol–water partition coefficient (Wildman–Crippen LogP) is 5.25. The Bertz CT molecular complexity index is 526. The van der Waals surface area contributed by atoms with Crippen molar-refractivity contribution in [3.8, 4) is 5.75 Å². The van der Waals surface area contributed by atoms with Gasteiger partial charge in [-0.2, -0.15) is 0 Å². The lowest BCUT2D eigenvalue weighted by atomic mass is 9.66. The largest absolute Gasteiger partial charge is 0.496 e. The zero-order valence-corrected chi connectivity index (χ0v) is 14.2. The van der Waals surface area contributed by atoms with E-state index in [2.05, 4.69) is 15.9 Å². The minimum atomic E-state index is 0.227. The zero-order chi connectivity index (χ0) is 14.8. The van der Waals surface area contributed by atoms with Crippen molar-refractivity contribution in [2.24, 2.45) is 17.8 Å². The summed E-state index contributed by atoms with van der Waals surface area (Å²) in [5, 5.41) is 0. The summed E-state index contributed by atoms with van der Waals surface area (Å²) in [6.07, 6.45) is 8.90. The van der Waals surface area contributed by atoms with Crippen molar-refractivity contribution in [2.45, 2.75) is 44.9 Å². The van der Waals surface area contributed by atoms with Crippen LogP contribution in [-0.2, 0) is 0 Å². The summed E-state index contributed by atoms with van der Waals surface area (Å²) in [6.45, 7) is 0. The van der Waals surface area contributed by atoms with Crippen LogP contribution < -0.4 is 4.74 Å². The number of rotatable bonds is 3. The fourth-order valence-electron chi connectivity index (χ4n) is 4.17. The molecule has 2 aliphatic rings. The summed E-state index contributed by atoms with van der Waals surface area (Å²) in [6, 6.07) is 5.69. The average Bonchev–Trinajstić information content (AvgIpc) is 2.53. The summed E-state index contributed by atoms with van der Waals surface area (Å²) in [5.74, 6) is 3.02. The molecule has 0 saturated heterocycles. The lowest BCUT2D eigenvalue weighted by Crippen LogP contribution is -2.31. The number of methoxy groups -OCH3 is 1. The van der Waals surface area contributed by atoms with Crippen LogP contribution in [0, 0.1) is 17.8 Å². The van der Waals surface area contributed by atoms with E-state index in [1.54, 1.807) is 7.11 Å². The van der Waals surface area contributed by atoms with Gasteiger partial charge in [-0.15, -0.1) is 0 Å². The smallest absolute Gasteiger partial charge is 0.165 e. The van der Waals surface area contributed by atoms with Gasteiger partial charge in [0, 0.05) is 11.5 Å². The van der Waals surface area contributed by atoms with E-state index >= 15 is 0 Å². The number of ether oxygens (including phenoxy) is 1. The van der Waals surface area contributed by atoms with Crippen LogP contribution in [-0.4, -0.2) is 12.9 Å². The second-order valence-corrected chi connectivity index (χ2v) is 7.38. The van der Waals surface area contributed by atoms with Crippen molar-refractivity contribution in [3.63, 3.8) is 0 Å². The van der Waals surface area contributed by atoms with Crippen LogP contribution in [0.25, 0.3) is 0 Å². The number of carbonyl (C=O) groups excluding carboxylic acids is 1. The first kappa shape index (κ1) is 15.1. The summed E-state index contributed by atoms with van der Waals surface area (Å²) < 4.78 is 6.10. The van der Waals surface area contributed by atoms with Crippen LogP contribution in [0.15, 0.2) is 22.7 Å². The van der Waals surface area contributed by atoms with Gasteiger partial charge in [-0.1, -0.05) is 25.7 Å². The molecule has 2 nitrogen and oxygen atoms in total. The Morgan fingerprint density at radius 2 is 1.90 bits per heavy atom. The van der Waals surface area contributed by atoms with E-state index in [9.17, 15) is 4.79 Å². The van der Waals surface area contributed by atoms with Crippen molar-refractivity contribution in [2.75, 3.05) is 7.11 Å². The molecule has 1 aromatic rings. The van der Waals surface area contributed by atoms with E-state index in [0.29, 0.717) is 5.78 Å². The molecule has 2 fully saturated rings. The Morgan fingerprint density at radius 3 is 2.62 bits per heavy atom. The Labute approximate surface area is 135 Å². The SMILES string of the molecule is COc1ccc(C(=O)C2CCC3CCCCC3C2)cc1Br. The Hall–Kier alpha value is -0.830. The van der Waals surface area contributed by atoms with Crippen molar-refractivity contribution in [1.29, 1.82) is 0 Å². The lowest BCUT2D eigenvalue weighted by molar-refractivity contribution is 0.0763. The normalized spacial score (nSPS) is 28.8. The molecular formula is C18H23BrO2. The molecule has 0 spiro atoms. The van der Waals surface area contributed by atoms with Gasteiger partial charge in [-0.05, 0) is 65.2 Å². The zero-order valence-electron chi connectivity index (χ0n) is 12.6.